The van der Waals surface area contributed by atoms with Gasteiger partial charge in [0.15, 0.2) is 5.13 Å². The molecule has 3 heterocycles. The van der Waals surface area contributed by atoms with Crippen LogP contribution in [0.15, 0.2) is 42.2 Å². The van der Waals surface area contributed by atoms with E-state index in [1.165, 1.54) is 0 Å². The zero-order chi connectivity index (χ0) is 22.2. The lowest BCUT2D eigenvalue weighted by molar-refractivity contribution is -0.120. The third-order valence-electron chi connectivity index (χ3n) is 4.95. The average Bonchev–Trinajstić information content (AvgIpc) is 3.49. The van der Waals surface area contributed by atoms with Gasteiger partial charge in [-0.05, 0) is 44.9 Å². The zero-order valence-electron chi connectivity index (χ0n) is 16.8. The Morgan fingerprint density at radius 1 is 1.19 bits per heavy atom. The Balaban J connectivity index is 1.45. The molecule has 3 aromatic rings. The van der Waals surface area contributed by atoms with Crippen molar-refractivity contribution >= 4 is 49.8 Å². The summed E-state index contributed by atoms with van der Waals surface area (Å²) in [7, 11) is -3.40. The van der Waals surface area contributed by atoms with E-state index in [0.29, 0.717) is 29.4 Å². The molecule has 0 saturated heterocycles. The zero-order valence-corrected chi connectivity index (χ0v) is 19.2. The lowest BCUT2D eigenvalue weighted by atomic mass is 9.89. The number of carbonyl (C=O) groups excluding carboxylic acids is 1. The summed E-state index contributed by atoms with van der Waals surface area (Å²) in [6.45, 7) is 3.45. The number of halogens is 1. The van der Waals surface area contributed by atoms with Crippen molar-refractivity contribution in [3.8, 4) is 11.1 Å². The monoisotopic (exact) mass is 477 g/mol. The van der Waals surface area contributed by atoms with Crippen molar-refractivity contribution in [1.82, 2.24) is 15.0 Å². The van der Waals surface area contributed by atoms with E-state index in [-0.39, 0.29) is 16.3 Å². The lowest BCUT2D eigenvalue weighted by Crippen LogP contribution is -2.35. The molecule has 1 amide bonds. The molecule has 0 atom stereocenters. The van der Waals surface area contributed by atoms with Gasteiger partial charge in [-0.25, -0.2) is 18.4 Å². The Labute approximate surface area is 189 Å². The molecule has 1 aliphatic rings. The van der Waals surface area contributed by atoms with Crippen molar-refractivity contribution in [2.75, 3.05) is 10.0 Å². The smallest absolute Gasteiger partial charge is 0.237 e. The molecule has 0 aromatic carbocycles. The molecule has 11 heteroatoms. The van der Waals surface area contributed by atoms with E-state index >= 15 is 0 Å². The highest BCUT2D eigenvalue weighted by molar-refractivity contribution is 7.93. The van der Waals surface area contributed by atoms with Crippen molar-refractivity contribution < 1.29 is 13.2 Å². The summed E-state index contributed by atoms with van der Waals surface area (Å²) in [6, 6.07) is 5.29. The van der Waals surface area contributed by atoms with Crippen LogP contribution in [0.25, 0.3) is 11.1 Å². The van der Waals surface area contributed by atoms with Crippen LogP contribution in [0.4, 0.5) is 10.9 Å². The summed E-state index contributed by atoms with van der Waals surface area (Å²) >= 11 is 7.14. The highest BCUT2D eigenvalue weighted by atomic mass is 35.5. The highest BCUT2D eigenvalue weighted by Gasteiger charge is 2.37. The Morgan fingerprint density at radius 3 is 2.61 bits per heavy atom. The van der Waals surface area contributed by atoms with Gasteiger partial charge in [-0.2, -0.15) is 0 Å². The Morgan fingerprint density at radius 2 is 1.97 bits per heavy atom. The van der Waals surface area contributed by atoms with Gasteiger partial charge in [0.25, 0.3) is 0 Å². The van der Waals surface area contributed by atoms with E-state index in [1.54, 1.807) is 50.0 Å². The number of carbonyl (C=O) groups is 1. The largest absolute Gasteiger partial charge is 0.310 e. The fourth-order valence-corrected chi connectivity index (χ4v) is 5.44. The third kappa shape index (κ3) is 4.86. The number of hydrogen-bond acceptors (Lipinski definition) is 7. The number of nitrogens with one attached hydrogen (secondary N) is 2. The van der Waals surface area contributed by atoms with Crippen LogP contribution >= 0.6 is 22.9 Å². The number of sulfonamides is 1. The summed E-state index contributed by atoms with van der Waals surface area (Å²) in [5, 5.41) is 4.93. The summed E-state index contributed by atoms with van der Waals surface area (Å²) in [5.41, 5.74) is 1.13. The molecular formula is C20H20ClN5O3S2. The highest BCUT2D eigenvalue weighted by Crippen LogP contribution is 2.33. The van der Waals surface area contributed by atoms with E-state index in [4.69, 9.17) is 11.6 Å². The molecule has 8 nitrogen and oxygen atoms in total. The van der Waals surface area contributed by atoms with Gasteiger partial charge in [-0.3, -0.25) is 14.5 Å². The van der Waals surface area contributed by atoms with Gasteiger partial charge in [-0.15, -0.1) is 11.3 Å². The minimum Gasteiger partial charge on any atom is -0.310 e. The van der Waals surface area contributed by atoms with Crippen molar-refractivity contribution in [2.45, 2.75) is 37.4 Å². The molecule has 1 aliphatic carbocycles. The normalized spacial score (nSPS) is 14.3. The standard InChI is InChI=1S/C20H20ClN5O3S2/c1-20(2,16-11-30-19(24-16)26-31(28,29)15-4-5-15)18(27)25-17-6-3-12(9-23-17)13-7-14(21)10-22-8-13/h3,6-11,15H,4-5H2,1-2H3,(H,24,26)(H,23,25,27). The van der Waals surface area contributed by atoms with Gasteiger partial charge >= 0.3 is 0 Å². The van der Waals surface area contributed by atoms with Gasteiger partial charge in [0.1, 0.15) is 5.82 Å². The van der Waals surface area contributed by atoms with Crippen LogP contribution in [0.3, 0.4) is 0 Å². The first-order valence-electron chi connectivity index (χ1n) is 9.51. The Bertz CT molecular complexity index is 1220. The molecule has 0 aliphatic heterocycles. The predicted octanol–water partition coefficient (Wildman–Crippen LogP) is 4.07. The first-order valence-corrected chi connectivity index (χ1v) is 12.3. The topological polar surface area (TPSA) is 114 Å². The first-order chi connectivity index (χ1) is 14.6. The number of aromatic nitrogens is 3. The number of rotatable bonds is 7. The summed E-state index contributed by atoms with van der Waals surface area (Å²) < 4.78 is 26.7. The van der Waals surface area contributed by atoms with Crippen LogP contribution in [0.5, 0.6) is 0 Å². The average molecular weight is 478 g/mol. The molecule has 162 valence electrons. The molecule has 0 unspecified atom stereocenters. The van der Waals surface area contributed by atoms with Crippen LogP contribution in [0.2, 0.25) is 5.02 Å². The molecule has 31 heavy (non-hydrogen) atoms. The van der Waals surface area contributed by atoms with E-state index in [1.807, 2.05) is 6.07 Å². The molecule has 3 aromatic heterocycles. The summed E-state index contributed by atoms with van der Waals surface area (Å²) in [5.74, 6) is 0.0840. The molecule has 0 radical (unpaired) electrons. The second-order valence-corrected chi connectivity index (χ2v) is 11.0. The second-order valence-electron chi connectivity index (χ2n) is 7.79. The van der Waals surface area contributed by atoms with E-state index in [9.17, 15) is 13.2 Å². The number of amides is 1. The fourth-order valence-electron chi connectivity index (χ4n) is 2.79. The molecule has 0 spiro atoms. The predicted molar refractivity (Wildman–Crippen MR) is 122 cm³/mol. The maximum atomic E-state index is 12.9. The quantitative estimate of drug-likeness (QED) is 0.530. The Kier molecular flexibility index (Phi) is 5.71. The van der Waals surface area contributed by atoms with Crippen LogP contribution < -0.4 is 10.0 Å². The van der Waals surface area contributed by atoms with Gasteiger partial charge in [-0.1, -0.05) is 11.6 Å². The van der Waals surface area contributed by atoms with Crippen molar-refractivity contribution in [2.24, 2.45) is 0 Å². The molecular weight excluding hydrogens is 458 g/mol. The van der Waals surface area contributed by atoms with Crippen LogP contribution in [-0.4, -0.2) is 34.5 Å². The summed E-state index contributed by atoms with van der Waals surface area (Å²) in [6.07, 6.45) is 6.20. The van der Waals surface area contributed by atoms with E-state index in [2.05, 4.69) is 25.0 Å². The van der Waals surface area contributed by atoms with Crippen molar-refractivity contribution in [3.63, 3.8) is 0 Å². The maximum absolute atomic E-state index is 12.9. The minimum atomic E-state index is -3.40. The maximum Gasteiger partial charge on any atom is 0.237 e. The molecule has 4 rings (SSSR count). The van der Waals surface area contributed by atoms with E-state index < -0.39 is 15.4 Å². The van der Waals surface area contributed by atoms with Crippen LogP contribution in [0.1, 0.15) is 32.4 Å². The van der Waals surface area contributed by atoms with Crippen LogP contribution in [0, 0.1) is 0 Å². The number of pyridine rings is 2. The molecule has 0 bridgehead atoms. The number of hydrogen-bond donors (Lipinski definition) is 2. The number of thiazole rings is 1. The van der Waals surface area contributed by atoms with Crippen molar-refractivity contribution in [3.05, 3.63) is 52.9 Å². The first kappa shape index (κ1) is 21.7. The lowest BCUT2D eigenvalue weighted by Gasteiger charge is -2.21. The van der Waals surface area contributed by atoms with Gasteiger partial charge in [0.05, 0.1) is 21.4 Å². The Hall–Kier alpha value is -2.56. The van der Waals surface area contributed by atoms with Gasteiger partial charge < -0.3 is 5.32 Å². The third-order valence-corrected chi connectivity index (χ3v) is 7.87. The van der Waals surface area contributed by atoms with Gasteiger partial charge in [0, 0.05) is 35.1 Å². The number of nitrogens with zero attached hydrogens (tertiary/aromatic N) is 3. The molecule has 2 N–H and O–H groups in total. The fraction of sp³-hybridized carbons (Fsp3) is 0.300. The van der Waals surface area contributed by atoms with Crippen molar-refractivity contribution in [1.29, 1.82) is 0 Å². The molecule has 1 saturated carbocycles. The summed E-state index contributed by atoms with van der Waals surface area (Å²) in [4.78, 5) is 25.6. The molecule has 1 fully saturated rings. The van der Waals surface area contributed by atoms with Gasteiger partial charge in [0.2, 0.25) is 15.9 Å². The number of anilines is 2. The second kappa shape index (κ2) is 8.18. The van der Waals surface area contributed by atoms with E-state index in [0.717, 1.165) is 22.5 Å². The van der Waals surface area contributed by atoms with Crippen LogP contribution in [-0.2, 0) is 20.2 Å². The minimum absolute atomic E-state index is 0.264. The SMILES string of the molecule is CC(C)(C(=O)Nc1ccc(-c2cncc(Cl)c2)cn1)c1csc(NS(=O)(=O)C2CC2)n1.